The summed E-state index contributed by atoms with van der Waals surface area (Å²) in [5.74, 6) is -3.22. The zero-order valence-corrected chi connectivity index (χ0v) is 27.1. The van der Waals surface area contributed by atoms with E-state index < -0.39 is 47.7 Å². The molecule has 9 nitrogen and oxygen atoms in total. The fraction of sp³-hybridized carbons (Fsp3) is 0.122. The van der Waals surface area contributed by atoms with E-state index in [0.29, 0.717) is 5.56 Å². The highest BCUT2D eigenvalue weighted by Crippen LogP contribution is 2.37. The highest BCUT2D eigenvalue weighted by Gasteiger charge is 2.39. The van der Waals surface area contributed by atoms with Crippen molar-refractivity contribution < 1.29 is 24.3 Å². The number of carbonyl (C=O) groups excluding carboxylic acids is 3. The van der Waals surface area contributed by atoms with Gasteiger partial charge in [-0.2, -0.15) is 0 Å². The molecule has 0 spiro atoms. The maximum atomic E-state index is 14.0. The second-order valence-electron chi connectivity index (χ2n) is 12.0. The molecule has 0 bridgehead atoms. The van der Waals surface area contributed by atoms with Gasteiger partial charge in [0.15, 0.2) is 0 Å². The van der Waals surface area contributed by atoms with Crippen molar-refractivity contribution >= 4 is 34.6 Å². The van der Waals surface area contributed by atoms with E-state index in [1.807, 2.05) is 115 Å². The van der Waals surface area contributed by atoms with E-state index in [1.165, 1.54) is 0 Å². The molecular weight excluding hydrogens is 628 g/mol. The zero-order valence-electron chi connectivity index (χ0n) is 27.1. The van der Waals surface area contributed by atoms with E-state index in [9.17, 15) is 24.3 Å². The Morgan fingerprint density at radius 2 is 1.12 bits per heavy atom. The Hall–Kier alpha value is -6.48. The van der Waals surface area contributed by atoms with Crippen LogP contribution in [0.15, 0.2) is 152 Å². The van der Waals surface area contributed by atoms with Crippen LogP contribution < -0.4 is 16.0 Å². The lowest BCUT2D eigenvalue weighted by atomic mass is 9.77. The lowest BCUT2D eigenvalue weighted by Crippen LogP contribution is -2.54. The van der Waals surface area contributed by atoms with Crippen LogP contribution in [-0.2, 0) is 26.3 Å². The maximum Gasteiger partial charge on any atom is 0.326 e. The summed E-state index contributed by atoms with van der Waals surface area (Å²) in [7, 11) is 0. The largest absolute Gasteiger partial charge is 0.480 e. The molecule has 6 rings (SSSR count). The summed E-state index contributed by atoms with van der Waals surface area (Å²) < 4.78 is 0. The van der Waals surface area contributed by atoms with E-state index in [1.54, 1.807) is 36.5 Å². The van der Waals surface area contributed by atoms with Gasteiger partial charge in [0.2, 0.25) is 11.8 Å². The van der Waals surface area contributed by atoms with Crippen molar-refractivity contribution in [2.75, 3.05) is 0 Å². The van der Waals surface area contributed by atoms with Crippen LogP contribution in [0.3, 0.4) is 0 Å². The number of fused-ring (bicyclic) bond motifs is 1. The topological polar surface area (TPSA) is 140 Å². The number of hydrogen-bond donors (Lipinski definition) is 5. The Balaban J connectivity index is 1.28. The van der Waals surface area contributed by atoms with Crippen molar-refractivity contribution in [2.45, 2.75) is 30.5 Å². The third kappa shape index (κ3) is 7.32. The van der Waals surface area contributed by atoms with Crippen LogP contribution in [0.4, 0.5) is 0 Å². The van der Waals surface area contributed by atoms with Crippen molar-refractivity contribution in [1.82, 2.24) is 20.9 Å². The standard InChI is InChI=1S/C41H36N4O5/c46-37(45-41(30-17-7-2-8-18-30,31-19-9-3-10-20-31)32-21-11-4-12-22-32)26-36(40(49)50)44-39(48)35(43-38(47)28-15-5-1-6-16-28)25-29-27-42-34-24-14-13-23-33(29)34/h1-24,27,35-36,42H,25-26H2,(H,43,47)(H,44,48)(H,45,46)(H,49,50)/t35-,36+/m0/s1. The average molecular weight is 665 g/mol. The first kappa shape index (κ1) is 33.4. The van der Waals surface area contributed by atoms with Crippen molar-refractivity contribution in [3.05, 3.63) is 180 Å². The number of aromatic amines is 1. The second-order valence-corrected chi connectivity index (χ2v) is 12.0. The highest BCUT2D eigenvalue weighted by atomic mass is 16.4. The molecule has 9 heteroatoms. The molecule has 0 aliphatic rings. The first-order valence-corrected chi connectivity index (χ1v) is 16.3. The number of H-pyrrole nitrogens is 1. The molecule has 0 saturated carbocycles. The quantitative estimate of drug-likeness (QED) is 0.103. The second kappa shape index (κ2) is 15.2. The minimum atomic E-state index is -1.60. The average Bonchev–Trinajstić information content (AvgIpc) is 3.57. The van der Waals surface area contributed by atoms with Crippen LogP contribution in [0, 0.1) is 0 Å². The van der Waals surface area contributed by atoms with Gasteiger partial charge in [0.25, 0.3) is 5.91 Å². The first-order valence-electron chi connectivity index (χ1n) is 16.3. The van der Waals surface area contributed by atoms with Gasteiger partial charge in [-0.15, -0.1) is 0 Å². The predicted molar refractivity (Wildman–Crippen MR) is 191 cm³/mol. The third-order valence-electron chi connectivity index (χ3n) is 8.71. The number of carboxylic acids is 1. The summed E-state index contributed by atoms with van der Waals surface area (Å²) in [4.78, 5) is 56.9. The van der Waals surface area contributed by atoms with Crippen molar-refractivity contribution in [3.63, 3.8) is 0 Å². The number of nitrogens with one attached hydrogen (secondary N) is 4. The molecule has 250 valence electrons. The Labute approximate surface area is 289 Å². The van der Waals surface area contributed by atoms with E-state index in [-0.39, 0.29) is 6.42 Å². The van der Waals surface area contributed by atoms with Crippen LogP contribution in [0.1, 0.15) is 39.0 Å². The molecule has 6 aromatic rings. The lowest BCUT2D eigenvalue weighted by Gasteiger charge is -2.37. The number of aromatic nitrogens is 1. The number of carboxylic acid groups (broad SMARTS) is 1. The number of amides is 3. The van der Waals surface area contributed by atoms with Gasteiger partial charge in [-0.1, -0.05) is 127 Å². The van der Waals surface area contributed by atoms with Gasteiger partial charge in [-0.3, -0.25) is 14.4 Å². The first-order chi connectivity index (χ1) is 24.3. The molecule has 0 fully saturated rings. The summed E-state index contributed by atoms with van der Waals surface area (Å²) in [6.45, 7) is 0. The Kier molecular flexibility index (Phi) is 10.1. The molecule has 0 radical (unpaired) electrons. The molecule has 5 aromatic carbocycles. The molecular formula is C41H36N4O5. The van der Waals surface area contributed by atoms with Gasteiger partial charge in [0.05, 0.1) is 6.42 Å². The van der Waals surface area contributed by atoms with Crippen molar-refractivity contribution in [2.24, 2.45) is 0 Å². The van der Waals surface area contributed by atoms with Gasteiger partial charge in [-0.05, 0) is 40.5 Å². The fourth-order valence-electron chi connectivity index (χ4n) is 6.26. The number of rotatable bonds is 13. The molecule has 1 heterocycles. The van der Waals surface area contributed by atoms with Crippen LogP contribution in [0.25, 0.3) is 10.9 Å². The summed E-state index contributed by atoms with van der Waals surface area (Å²) in [5.41, 5.74) is 3.09. The molecule has 0 saturated heterocycles. The minimum Gasteiger partial charge on any atom is -0.480 e. The van der Waals surface area contributed by atoms with E-state index in [4.69, 9.17) is 0 Å². The summed E-state index contributed by atoms with van der Waals surface area (Å²) in [5, 5.41) is 19.6. The van der Waals surface area contributed by atoms with Gasteiger partial charge in [0, 0.05) is 29.1 Å². The van der Waals surface area contributed by atoms with E-state index in [2.05, 4.69) is 20.9 Å². The van der Waals surface area contributed by atoms with Crippen molar-refractivity contribution in [1.29, 1.82) is 0 Å². The Morgan fingerprint density at radius 3 is 1.66 bits per heavy atom. The van der Waals surface area contributed by atoms with Crippen LogP contribution >= 0.6 is 0 Å². The monoisotopic (exact) mass is 664 g/mol. The molecule has 0 aliphatic carbocycles. The molecule has 3 amide bonds. The number of benzene rings is 5. The van der Waals surface area contributed by atoms with E-state index >= 15 is 0 Å². The van der Waals surface area contributed by atoms with Crippen LogP contribution in [-0.4, -0.2) is 45.9 Å². The maximum absolute atomic E-state index is 14.0. The van der Waals surface area contributed by atoms with Gasteiger partial charge in [-0.25, -0.2) is 4.79 Å². The smallest absolute Gasteiger partial charge is 0.326 e. The predicted octanol–water partition coefficient (Wildman–Crippen LogP) is 5.58. The molecule has 2 atom stereocenters. The molecule has 5 N–H and O–H groups in total. The summed E-state index contributed by atoms with van der Waals surface area (Å²) in [6, 6.07) is 41.6. The van der Waals surface area contributed by atoms with Crippen LogP contribution in [0.2, 0.25) is 0 Å². The van der Waals surface area contributed by atoms with Gasteiger partial charge in [0.1, 0.15) is 17.6 Å². The lowest BCUT2D eigenvalue weighted by molar-refractivity contribution is -0.144. The highest BCUT2D eigenvalue weighted by molar-refractivity contribution is 5.99. The SMILES string of the molecule is O=C(C[C@@H](NC(=O)[C@H](Cc1c[nH]c2ccccc12)NC(=O)c1ccccc1)C(=O)O)NC(c1ccccc1)(c1ccccc1)c1ccccc1. The number of para-hydroxylation sites is 1. The molecule has 0 aliphatic heterocycles. The molecule has 1 aromatic heterocycles. The van der Waals surface area contributed by atoms with Crippen LogP contribution in [0.5, 0.6) is 0 Å². The Morgan fingerprint density at radius 1 is 0.620 bits per heavy atom. The number of aliphatic carboxylic acids is 1. The Bertz CT molecular complexity index is 1990. The normalized spacial score (nSPS) is 12.4. The third-order valence-corrected chi connectivity index (χ3v) is 8.71. The van der Waals surface area contributed by atoms with E-state index in [0.717, 1.165) is 33.2 Å². The zero-order chi connectivity index (χ0) is 34.9. The number of hydrogen-bond acceptors (Lipinski definition) is 4. The summed E-state index contributed by atoms with van der Waals surface area (Å²) in [6.07, 6.45) is 1.27. The number of carbonyl (C=O) groups is 4. The van der Waals surface area contributed by atoms with Crippen molar-refractivity contribution in [3.8, 4) is 0 Å². The fourth-order valence-corrected chi connectivity index (χ4v) is 6.26. The van der Waals surface area contributed by atoms with Gasteiger partial charge >= 0.3 is 5.97 Å². The molecule has 50 heavy (non-hydrogen) atoms. The summed E-state index contributed by atoms with van der Waals surface area (Å²) >= 11 is 0. The molecule has 0 unspecified atom stereocenters. The minimum absolute atomic E-state index is 0.0755. The van der Waals surface area contributed by atoms with Gasteiger partial charge < -0.3 is 26.0 Å².